The van der Waals surface area contributed by atoms with Crippen molar-refractivity contribution in [2.45, 2.75) is 25.9 Å². The van der Waals surface area contributed by atoms with Gasteiger partial charge in [-0.15, -0.1) is 0 Å². The second-order valence-electron chi connectivity index (χ2n) is 3.02. The number of carbonyl (C=O) groups is 1. The van der Waals surface area contributed by atoms with Crippen LogP contribution in [0.4, 0.5) is 0 Å². The second kappa shape index (κ2) is 4.10. The van der Waals surface area contributed by atoms with Crippen LogP contribution in [-0.2, 0) is 9.53 Å². The molecule has 1 unspecified atom stereocenters. The molecule has 0 amide bonds. The van der Waals surface area contributed by atoms with Crippen LogP contribution in [-0.4, -0.2) is 12.1 Å². The minimum Gasteiger partial charge on any atom is -0.458 e. The highest BCUT2D eigenvalue weighted by Crippen LogP contribution is 2.19. The Morgan fingerprint density at radius 3 is 2.75 bits per heavy atom. The fourth-order valence-electron chi connectivity index (χ4n) is 1.14. The molecule has 1 rings (SSSR count). The Balaban J connectivity index is 2.33. The van der Waals surface area contributed by atoms with E-state index in [9.17, 15) is 4.79 Å². The zero-order valence-corrected chi connectivity index (χ0v) is 7.32. The van der Waals surface area contributed by atoms with Gasteiger partial charge in [-0.05, 0) is 19.8 Å². The summed E-state index contributed by atoms with van der Waals surface area (Å²) in [6.07, 6.45) is 7.14. The normalized spacial score (nSPS) is 19.1. The molecule has 0 aromatic carbocycles. The molecule has 0 aromatic heterocycles. The summed E-state index contributed by atoms with van der Waals surface area (Å²) in [6, 6.07) is 0. The third kappa shape index (κ3) is 2.22. The summed E-state index contributed by atoms with van der Waals surface area (Å²) < 4.78 is 5.09. The number of carbonyl (C=O) groups excluding carboxylic acids is 1. The Kier molecular flexibility index (Phi) is 3.09. The van der Waals surface area contributed by atoms with Crippen LogP contribution < -0.4 is 0 Å². The van der Waals surface area contributed by atoms with Crippen molar-refractivity contribution in [1.29, 1.82) is 0 Å². The molecular formula is C10H14O2. The Labute approximate surface area is 72.9 Å². The Bertz CT molecular complexity index is 198. The predicted molar refractivity (Wildman–Crippen MR) is 47.6 cm³/mol. The molecule has 12 heavy (non-hydrogen) atoms. The van der Waals surface area contributed by atoms with Gasteiger partial charge in [-0.2, -0.15) is 0 Å². The molecule has 0 saturated carbocycles. The minimum absolute atomic E-state index is 0.0485. The zero-order valence-electron chi connectivity index (χ0n) is 7.32. The average molecular weight is 166 g/mol. The fraction of sp³-hybridized carbons (Fsp3) is 0.500. The van der Waals surface area contributed by atoms with Gasteiger partial charge < -0.3 is 4.74 Å². The highest BCUT2D eigenvalue weighted by atomic mass is 16.5. The molecule has 0 fully saturated rings. The van der Waals surface area contributed by atoms with E-state index in [0.29, 0.717) is 0 Å². The van der Waals surface area contributed by atoms with Crippen molar-refractivity contribution in [2.24, 2.45) is 5.92 Å². The van der Waals surface area contributed by atoms with Gasteiger partial charge in [0.05, 0.1) is 5.92 Å². The van der Waals surface area contributed by atoms with Gasteiger partial charge in [-0.25, -0.2) is 0 Å². The predicted octanol–water partition coefficient (Wildman–Crippen LogP) is 2.07. The molecule has 0 aliphatic heterocycles. The van der Waals surface area contributed by atoms with Gasteiger partial charge in [0.1, 0.15) is 6.10 Å². The summed E-state index contributed by atoms with van der Waals surface area (Å²) in [7, 11) is 0. The number of ether oxygens (including phenoxy) is 1. The monoisotopic (exact) mass is 166 g/mol. The maximum Gasteiger partial charge on any atom is 0.310 e. The molecular weight excluding hydrogens is 152 g/mol. The van der Waals surface area contributed by atoms with Crippen LogP contribution in [0.2, 0.25) is 0 Å². The van der Waals surface area contributed by atoms with E-state index in [-0.39, 0.29) is 18.0 Å². The van der Waals surface area contributed by atoms with Gasteiger partial charge in [-0.1, -0.05) is 24.8 Å². The van der Waals surface area contributed by atoms with E-state index in [2.05, 4.69) is 6.58 Å². The molecule has 0 radical (unpaired) electrons. The number of rotatable bonds is 3. The highest BCUT2D eigenvalue weighted by Gasteiger charge is 2.21. The largest absolute Gasteiger partial charge is 0.458 e. The molecule has 1 aliphatic carbocycles. The molecule has 0 spiro atoms. The van der Waals surface area contributed by atoms with Crippen molar-refractivity contribution in [2.75, 3.05) is 0 Å². The summed E-state index contributed by atoms with van der Waals surface area (Å²) in [4.78, 5) is 11.3. The van der Waals surface area contributed by atoms with Crippen molar-refractivity contribution in [3.05, 3.63) is 24.8 Å². The fourth-order valence-corrected chi connectivity index (χ4v) is 1.14. The summed E-state index contributed by atoms with van der Waals surface area (Å²) in [5, 5.41) is 0. The Morgan fingerprint density at radius 2 is 2.25 bits per heavy atom. The Morgan fingerprint density at radius 1 is 1.67 bits per heavy atom. The third-order valence-corrected chi connectivity index (χ3v) is 1.98. The molecule has 0 saturated heterocycles. The van der Waals surface area contributed by atoms with E-state index in [1.54, 1.807) is 6.08 Å². The van der Waals surface area contributed by atoms with E-state index in [1.807, 2.05) is 19.1 Å². The lowest BCUT2D eigenvalue weighted by Crippen LogP contribution is -2.19. The first-order chi connectivity index (χ1) is 5.74. The first-order valence-corrected chi connectivity index (χ1v) is 4.22. The third-order valence-electron chi connectivity index (χ3n) is 1.98. The first kappa shape index (κ1) is 9.04. The van der Waals surface area contributed by atoms with Gasteiger partial charge >= 0.3 is 5.97 Å². The number of esters is 1. The summed E-state index contributed by atoms with van der Waals surface area (Å²) in [5.74, 6) is -0.0557. The molecule has 0 N–H and O–H groups in total. The lowest BCUT2D eigenvalue weighted by molar-refractivity contribution is -0.150. The minimum atomic E-state index is -0.168. The van der Waals surface area contributed by atoms with Crippen molar-refractivity contribution in [3.8, 4) is 0 Å². The van der Waals surface area contributed by atoms with Gasteiger partial charge in [0, 0.05) is 0 Å². The van der Waals surface area contributed by atoms with Crippen molar-refractivity contribution in [1.82, 2.24) is 0 Å². The van der Waals surface area contributed by atoms with Crippen LogP contribution in [0.25, 0.3) is 0 Å². The van der Waals surface area contributed by atoms with Crippen LogP contribution in [0.1, 0.15) is 19.8 Å². The van der Waals surface area contributed by atoms with Crippen LogP contribution in [0.5, 0.6) is 0 Å². The van der Waals surface area contributed by atoms with E-state index < -0.39 is 0 Å². The van der Waals surface area contributed by atoms with E-state index in [4.69, 9.17) is 4.74 Å². The maximum absolute atomic E-state index is 11.3. The summed E-state index contributed by atoms with van der Waals surface area (Å²) in [6.45, 7) is 5.36. The quantitative estimate of drug-likeness (QED) is 0.474. The second-order valence-corrected chi connectivity index (χ2v) is 3.02. The topological polar surface area (TPSA) is 26.3 Å². The SMILES string of the molecule is C=CC(C)OC(=O)C1CC=CC1. The smallest absolute Gasteiger partial charge is 0.310 e. The summed E-state index contributed by atoms with van der Waals surface area (Å²) in [5.41, 5.74) is 0. The molecule has 0 aromatic rings. The molecule has 0 heterocycles. The molecule has 2 nitrogen and oxygen atoms in total. The number of hydrogen-bond donors (Lipinski definition) is 0. The summed E-state index contributed by atoms with van der Waals surface area (Å²) >= 11 is 0. The number of hydrogen-bond acceptors (Lipinski definition) is 2. The maximum atomic E-state index is 11.3. The van der Waals surface area contributed by atoms with Crippen LogP contribution in [0, 0.1) is 5.92 Å². The van der Waals surface area contributed by atoms with Crippen LogP contribution >= 0.6 is 0 Å². The van der Waals surface area contributed by atoms with Crippen molar-refractivity contribution >= 4 is 5.97 Å². The lowest BCUT2D eigenvalue weighted by atomic mass is 10.1. The van der Waals surface area contributed by atoms with Crippen molar-refractivity contribution in [3.63, 3.8) is 0 Å². The van der Waals surface area contributed by atoms with Crippen LogP contribution in [0.3, 0.4) is 0 Å². The molecule has 0 bridgehead atoms. The standard InChI is InChI=1S/C10H14O2/c1-3-8(2)12-10(11)9-6-4-5-7-9/h3-5,8-9H,1,6-7H2,2H3. The number of allylic oxidation sites excluding steroid dienone is 2. The first-order valence-electron chi connectivity index (χ1n) is 4.22. The molecule has 2 heteroatoms. The van der Waals surface area contributed by atoms with E-state index in [1.165, 1.54) is 0 Å². The Hall–Kier alpha value is -1.05. The molecule has 1 aliphatic rings. The van der Waals surface area contributed by atoms with Crippen molar-refractivity contribution < 1.29 is 9.53 Å². The van der Waals surface area contributed by atoms with E-state index >= 15 is 0 Å². The van der Waals surface area contributed by atoms with Gasteiger partial charge in [0.2, 0.25) is 0 Å². The lowest BCUT2D eigenvalue weighted by Gasteiger charge is -2.12. The molecule has 66 valence electrons. The van der Waals surface area contributed by atoms with E-state index in [0.717, 1.165) is 12.8 Å². The van der Waals surface area contributed by atoms with Gasteiger partial charge in [0.25, 0.3) is 0 Å². The van der Waals surface area contributed by atoms with Crippen LogP contribution in [0.15, 0.2) is 24.8 Å². The zero-order chi connectivity index (χ0) is 8.97. The van der Waals surface area contributed by atoms with Gasteiger partial charge in [0.15, 0.2) is 0 Å². The average Bonchev–Trinajstić information content (AvgIpc) is 2.56. The van der Waals surface area contributed by atoms with Gasteiger partial charge in [-0.3, -0.25) is 4.79 Å². The highest BCUT2D eigenvalue weighted by molar-refractivity contribution is 5.73. The molecule has 1 atom stereocenters.